The molecule has 0 N–H and O–H groups in total. The van der Waals surface area contributed by atoms with Gasteiger partial charge in [-0.3, -0.25) is 4.57 Å². The van der Waals surface area contributed by atoms with E-state index in [9.17, 15) is 4.39 Å². The lowest BCUT2D eigenvalue weighted by Crippen LogP contribution is -2.43. The van der Waals surface area contributed by atoms with Gasteiger partial charge in [-0.2, -0.15) is 9.37 Å². The molecule has 3 aliphatic rings. The summed E-state index contributed by atoms with van der Waals surface area (Å²) in [5, 5.41) is 7.61. The van der Waals surface area contributed by atoms with Crippen LogP contribution in [0.5, 0.6) is 0 Å². The van der Waals surface area contributed by atoms with Gasteiger partial charge in [0.05, 0.1) is 11.9 Å². The zero-order valence-corrected chi connectivity index (χ0v) is 13.8. The first-order valence-corrected chi connectivity index (χ1v) is 8.50. The largest absolute Gasteiger partial charge is 0.337 e. The summed E-state index contributed by atoms with van der Waals surface area (Å²) in [4.78, 5) is 13.0. The minimum absolute atomic E-state index is 0.323. The molecule has 3 aromatic rings. The maximum atomic E-state index is 14.4. The van der Waals surface area contributed by atoms with Gasteiger partial charge in [0, 0.05) is 11.5 Å². The fraction of sp³-hybridized carbons (Fsp3) is 0.294. The number of hydrogen-bond donors (Lipinski definition) is 0. The van der Waals surface area contributed by atoms with Crippen molar-refractivity contribution in [3.8, 4) is 5.69 Å². The molecular formula is C17H14FN7O. The smallest absolute Gasteiger partial charge is 0.295 e. The van der Waals surface area contributed by atoms with Gasteiger partial charge in [-0.1, -0.05) is 25.1 Å². The first-order valence-electron chi connectivity index (χ1n) is 8.50. The second kappa shape index (κ2) is 4.69. The summed E-state index contributed by atoms with van der Waals surface area (Å²) in [6, 6.07) is 7.58. The molecule has 3 unspecified atom stereocenters. The van der Waals surface area contributed by atoms with E-state index in [4.69, 9.17) is 4.52 Å². The minimum Gasteiger partial charge on any atom is -0.337 e. The van der Waals surface area contributed by atoms with E-state index in [1.165, 1.54) is 10.8 Å². The number of aliphatic imine (C=N–C) groups is 1. The Hall–Kier alpha value is -3.23. The number of halogens is 1. The van der Waals surface area contributed by atoms with Crippen LogP contribution in [-0.2, 0) is 0 Å². The number of nitrogens with zero attached hydrogens (tertiary/aromatic N) is 7. The maximum absolute atomic E-state index is 14.4. The Kier molecular flexibility index (Phi) is 2.52. The lowest BCUT2D eigenvalue weighted by atomic mass is 10.1. The zero-order chi connectivity index (χ0) is 17.4. The van der Waals surface area contributed by atoms with Gasteiger partial charge in [0.2, 0.25) is 5.89 Å². The molecule has 0 bridgehead atoms. The van der Waals surface area contributed by atoms with Crippen LogP contribution in [0.1, 0.15) is 36.9 Å². The number of aromatic nitrogens is 4. The van der Waals surface area contributed by atoms with Crippen molar-refractivity contribution >= 4 is 18.1 Å². The molecule has 1 fully saturated rings. The number of para-hydroxylation sites is 1. The molecule has 0 spiro atoms. The van der Waals surface area contributed by atoms with Crippen molar-refractivity contribution in [2.45, 2.75) is 25.4 Å². The lowest BCUT2D eigenvalue weighted by Gasteiger charge is -2.35. The van der Waals surface area contributed by atoms with Crippen LogP contribution in [0, 0.1) is 12.0 Å². The van der Waals surface area contributed by atoms with Crippen molar-refractivity contribution in [2.75, 3.05) is 10.0 Å². The van der Waals surface area contributed by atoms with Gasteiger partial charge in [-0.15, -0.1) is 0 Å². The van der Waals surface area contributed by atoms with E-state index in [-0.39, 0.29) is 6.17 Å². The molecule has 6 rings (SSSR count). The summed E-state index contributed by atoms with van der Waals surface area (Å²) in [7, 11) is 0. The fourth-order valence-electron chi connectivity index (χ4n) is 3.71. The van der Waals surface area contributed by atoms with Crippen molar-refractivity contribution in [3.63, 3.8) is 0 Å². The molecule has 9 heteroatoms. The minimum atomic E-state index is -0.571. The van der Waals surface area contributed by atoms with Gasteiger partial charge in [-0.05, 0) is 23.6 Å². The van der Waals surface area contributed by atoms with Gasteiger partial charge in [0.1, 0.15) is 6.34 Å². The highest BCUT2D eigenvalue weighted by Gasteiger charge is 2.43. The van der Waals surface area contributed by atoms with Crippen molar-refractivity contribution in [1.29, 1.82) is 0 Å². The predicted molar refractivity (Wildman–Crippen MR) is 90.5 cm³/mol. The van der Waals surface area contributed by atoms with Crippen molar-refractivity contribution in [1.82, 2.24) is 19.7 Å². The molecule has 0 saturated heterocycles. The molecule has 0 radical (unpaired) electrons. The van der Waals surface area contributed by atoms with E-state index >= 15 is 0 Å². The number of hydrazine groups is 1. The molecule has 8 nitrogen and oxygen atoms in total. The zero-order valence-electron chi connectivity index (χ0n) is 13.8. The number of hydrogen-bond acceptors (Lipinski definition) is 7. The first kappa shape index (κ1) is 14.0. The molecule has 1 aliphatic carbocycles. The molecule has 0 amide bonds. The number of anilines is 2. The van der Waals surface area contributed by atoms with Crippen LogP contribution in [0.2, 0.25) is 0 Å². The Balaban J connectivity index is 1.47. The number of fused-ring (bicyclic) bond motifs is 6. The molecule has 2 aromatic heterocycles. The molecule has 1 saturated carbocycles. The third-order valence-corrected chi connectivity index (χ3v) is 5.23. The lowest BCUT2D eigenvalue weighted by molar-refractivity contribution is 0.376. The highest BCUT2D eigenvalue weighted by atomic mass is 19.1. The van der Waals surface area contributed by atoms with Crippen molar-refractivity contribution < 1.29 is 8.91 Å². The summed E-state index contributed by atoms with van der Waals surface area (Å²) < 4.78 is 21.3. The van der Waals surface area contributed by atoms with Crippen molar-refractivity contribution in [2.24, 2.45) is 10.9 Å². The maximum Gasteiger partial charge on any atom is 0.295 e. The van der Waals surface area contributed by atoms with Crippen LogP contribution in [0.4, 0.5) is 16.2 Å². The average molecular weight is 351 g/mol. The number of imidazole rings is 1. The molecule has 1 aromatic carbocycles. The van der Waals surface area contributed by atoms with Gasteiger partial charge >= 0.3 is 0 Å². The summed E-state index contributed by atoms with van der Waals surface area (Å²) >= 11 is 0. The Bertz CT molecular complexity index is 1060. The van der Waals surface area contributed by atoms with E-state index < -0.39 is 6.08 Å². The van der Waals surface area contributed by atoms with Crippen LogP contribution in [-0.4, -0.2) is 26.0 Å². The normalized spacial score (nSPS) is 25.2. The van der Waals surface area contributed by atoms with E-state index in [0.717, 1.165) is 17.7 Å². The number of benzene rings is 1. The Morgan fingerprint density at radius 2 is 2.12 bits per heavy atom. The fourth-order valence-corrected chi connectivity index (χ4v) is 3.71. The monoisotopic (exact) mass is 351 g/mol. The average Bonchev–Trinajstić information content (AvgIpc) is 3.05. The molecule has 130 valence electrons. The SMILES string of the molecule is CC1CC1c1nc(N2C=NC3c4ccccc4-n4c(cnc4F)N32)no1. The van der Waals surface area contributed by atoms with Crippen LogP contribution < -0.4 is 10.0 Å². The van der Waals surface area contributed by atoms with E-state index in [1.807, 2.05) is 29.3 Å². The van der Waals surface area contributed by atoms with E-state index in [0.29, 0.717) is 29.5 Å². The molecule has 4 heterocycles. The second-order valence-electron chi connectivity index (χ2n) is 6.86. The van der Waals surface area contributed by atoms with Gasteiger partial charge < -0.3 is 4.52 Å². The van der Waals surface area contributed by atoms with Crippen LogP contribution >= 0.6 is 0 Å². The van der Waals surface area contributed by atoms with E-state index in [2.05, 4.69) is 27.0 Å². The molecule has 2 aliphatic heterocycles. The standard InChI is InChI=1S/C17H14FN7O/c1-9-6-11(9)15-21-17(22-26-15)23-8-20-14-10-4-2-3-5-12(10)24-13(25(14)23)7-19-16(24)18/h2-5,7-9,11,14H,6H2,1H3. The third kappa shape index (κ3) is 1.72. The highest BCUT2D eigenvalue weighted by molar-refractivity contribution is 5.85. The van der Waals surface area contributed by atoms with Crippen molar-refractivity contribution in [3.05, 3.63) is 48.0 Å². The predicted octanol–water partition coefficient (Wildman–Crippen LogP) is 2.80. The quantitative estimate of drug-likeness (QED) is 0.707. The Labute approximate surface area is 147 Å². The van der Waals surface area contributed by atoms with Crippen LogP contribution in [0.3, 0.4) is 0 Å². The highest BCUT2D eigenvalue weighted by Crippen LogP contribution is 2.47. The summed E-state index contributed by atoms with van der Waals surface area (Å²) in [5.41, 5.74) is 1.62. The topological polar surface area (TPSA) is 75.6 Å². The van der Waals surface area contributed by atoms with Gasteiger partial charge in [0.25, 0.3) is 12.0 Å². The van der Waals surface area contributed by atoms with Crippen LogP contribution in [0.15, 0.2) is 40.0 Å². The van der Waals surface area contributed by atoms with Gasteiger partial charge in [0.15, 0.2) is 12.0 Å². The van der Waals surface area contributed by atoms with Gasteiger partial charge in [-0.25, -0.2) is 20.0 Å². The molecule has 26 heavy (non-hydrogen) atoms. The molecular weight excluding hydrogens is 337 g/mol. The molecule has 3 atom stereocenters. The summed E-state index contributed by atoms with van der Waals surface area (Å²) in [6.45, 7) is 2.16. The Morgan fingerprint density at radius 1 is 1.27 bits per heavy atom. The second-order valence-corrected chi connectivity index (χ2v) is 6.86. The van der Waals surface area contributed by atoms with Crippen LogP contribution in [0.25, 0.3) is 5.69 Å². The first-order chi connectivity index (χ1) is 12.7. The summed E-state index contributed by atoms with van der Waals surface area (Å²) in [5.74, 6) is 2.49. The van der Waals surface area contributed by atoms with E-state index in [1.54, 1.807) is 11.3 Å². The third-order valence-electron chi connectivity index (χ3n) is 5.23. The summed E-state index contributed by atoms with van der Waals surface area (Å²) in [6.07, 6.45) is 3.31. The number of rotatable bonds is 2. The Morgan fingerprint density at radius 3 is 2.96 bits per heavy atom.